The van der Waals surface area contributed by atoms with E-state index in [1.807, 2.05) is 6.08 Å². The molecule has 0 bridgehead atoms. The first kappa shape index (κ1) is 21.0. The van der Waals surface area contributed by atoms with Gasteiger partial charge in [0.2, 0.25) is 5.91 Å². The third-order valence-electron chi connectivity index (χ3n) is 4.43. The number of carboxylic acid groups (broad SMARTS) is 1. The van der Waals surface area contributed by atoms with Crippen LogP contribution in [0.25, 0.3) is 0 Å². The number of nitrogens with one attached hydrogen (secondary N) is 1. The number of nitrogens with zero attached hydrogens (tertiary/aromatic N) is 1. The van der Waals surface area contributed by atoms with E-state index in [9.17, 15) is 19.5 Å². The molecule has 0 spiro atoms. The molecule has 7 nitrogen and oxygen atoms in total. The molecule has 1 aliphatic heterocycles. The molecule has 25 heavy (non-hydrogen) atoms. The molecule has 1 aliphatic rings. The van der Waals surface area contributed by atoms with Crippen LogP contribution in [0.1, 0.15) is 53.4 Å². The quantitative estimate of drug-likeness (QED) is 0.541. The van der Waals surface area contributed by atoms with Crippen molar-refractivity contribution in [2.75, 3.05) is 6.54 Å². The molecule has 0 saturated carbocycles. The van der Waals surface area contributed by atoms with Crippen molar-refractivity contribution in [3.8, 4) is 0 Å². The fourth-order valence-electron chi connectivity index (χ4n) is 3.10. The summed E-state index contributed by atoms with van der Waals surface area (Å²) in [5.74, 6) is -1.16. The van der Waals surface area contributed by atoms with Gasteiger partial charge in [-0.1, -0.05) is 26.8 Å². The minimum absolute atomic E-state index is 0.0479. The molecule has 0 aromatic heterocycles. The highest BCUT2D eigenvalue weighted by Gasteiger charge is 2.39. The summed E-state index contributed by atoms with van der Waals surface area (Å²) in [6, 6.07) is -1.23. The van der Waals surface area contributed by atoms with Crippen molar-refractivity contribution < 1.29 is 24.2 Å². The number of amides is 2. The number of aliphatic carboxylic acids is 1. The monoisotopic (exact) mass is 354 g/mol. The predicted molar refractivity (Wildman–Crippen MR) is 94.1 cm³/mol. The van der Waals surface area contributed by atoms with Gasteiger partial charge in [0.25, 0.3) is 0 Å². The number of carbonyl (C=O) groups is 3. The van der Waals surface area contributed by atoms with E-state index >= 15 is 0 Å². The lowest BCUT2D eigenvalue weighted by Gasteiger charge is -2.30. The maximum absolute atomic E-state index is 12.2. The van der Waals surface area contributed by atoms with Gasteiger partial charge in [-0.05, 0) is 24.7 Å². The number of alkyl carbamates (subject to hydrolysis) is 1. The topological polar surface area (TPSA) is 95.9 Å². The SMILES string of the molecule is C=CCCCC1C(OC(=O)NC(C(=O)O)C(C)(C)C)CCN1C(C)=O. The zero-order chi connectivity index (χ0) is 19.2. The average molecular weight is 354 g/mol. The van der Waals surface area contributed by atoms with Crippen molar-refractivity contribution in [3.63, 3.8) is 0 Å². The molecule has 1 heterocycles. The first-order valence-electron chi connectivity index (χ1n) is 8.66. The third-order valence-corrected chi connectivity index (χ3v) is 4.43. The second-order valence-electron chi connectivity index (χ2n) is 7.51. The van der Waals surface area contributed by atoms with Crippen LogP contribution in [-0.2, 0) is 14.3 Å². The van der Waals surface area contributed by atoms with Crippen LogP contribution in [0.15, 0.2) is 12.7 Å². The van der Waals surface area contributed by atoms with Gasteiger partial charge < -0.3 is 20.1 Å². The number of hydrogen-bond acceptors (Lipinski definition) is 4. The molecule has 142 valence electrons. The fraction of sp³-hybridized carbons (Fsp3) is 0.722. The van der Waals surface area contributed by atoms with Gasteiger partial charge >= 0.3 is 12.1 Å². The van der Waals surface area contributed by atoms with Crippen molar-refractivity contribution in [1.82, 2.24) is 10.2 Å². The van der Waals surface area contributed by atoms with Crippen molar-refractivity contribution in [2.45, 2.75) is 71.6 Å². The Kier molecular flexibility index (Phi) is 7.45. The van der Waals surface area contributed by atoms with Gasteiger partial charge in [-0.2, -0.15) is 0 Å². The van der Waals surface area contributed by atoms with Crippen LogP contribution in [0.4, 0.5) is 4.79 Å². The standard InChI is InChI=1S/C18H30N2O5/c1-6-7-8-9-13-14(10-11-20(13)12(2)21)25-17(24)19-15(16(22)23)18(3,4)5/h6,13-15H,1,7-11H2,2-5H3,(H,19,24)(H,22,23). The maximum atomic E-state index is 12.2. The molecule has 0 aromatic carbocycles. The third kappa shape index (κ3) is 6.07. The van der Waals surface area contributed by atoms with Gasteiger partial charge in [0, 0.05) is 19.9 Å². The fourth-order valence-corrected chi connectivity index (χ4v) is 3.10. The number of carboxylic acids is 1. The lowest BCUT2D eigenvalue weighted by Crippen LogP contribution is -2.50. The Labute approximate surface area is 149 Å². The summed E-state index contributed by atoms with van der Waals surface area (Å²) >= 11 is 0. The molecular weight excluding hydrogens is 324 g/mol. The maximum Gasteiger partial charge on any atom is 0.408 e. The summed E-state index contributed by atoms with van der Waals surface area (Å²) < 4.78 is 5.48. The molecule has 1 fully saturated rings. The van der Waals surface area contributed by atoms with E-state index in [0.29, 0.717) is 19.4 Å². The van der Waals surface area contributed by atoms with Crippen LogP contribution in [0.3, 0.4) is 0 Å². The Morgan fingerprint density at radius 3 is 2.52 bits per heavy atom. The van der Waals surface area contributed by atoms with Gasteiger partial charge in [-0.3, -0.25) is 4.79 Å². The molecule has 2 amide bonds. The van der Waals surface area contributed by atoms with Crippen LogP contribution in [0, 0.1) is 5.41 Å². The molecule has 7 heteroatoms. The summed E-state index contributed by atoms with van der Waals surface area (Å²) in [4.78, 5) is 37.1. The summed E-state index contributed by atoms with van der Waals surface area (Å²) in [5, 5.41) is 11.7. The molecule has 2 N–H and O–H groups in total. The molecule has 3 atom stereocenters. The minimum Gasteiger partial charge on any atom is -0.480 e. The van der Waals surface area contributed by atoms with Gasteiger partial charge in [-0.25, -0.2) is 9.59 Å². The molecule has 0 aliphatic carbocycles. The molecule has 1 saturated heterocycles. The lowest BCUT2D eigenvalue weighted by atomic mass is 9.87. The second-order valence-corrected chi connectivity index (χ2v) is 7.51. The molecule has 0 aromatic rings. The first-order valence-corrected chi connectivity index (χ1v) is 8.66. The molecule has 3 unspecified atom stereocenters. The largest absolute Gasteiger partial charge is 0.480 e. The smallest absolute Gasteiger partial charge is 0.408 e. The van der Waals surface area contributed by atoms with Crippen LogP contribution in [-0.4, -0.2) is 52.7 Å². The lowest BCUT2D eigenvalue weighted by molar-refractivity contribution is -0.142. The van der Waals surface area contributed by atoms with E-state index in [0.717, 1.165) is 12.8 Å². The number of allylic oxidation sites excluding steroid dienone is 1. The van der Waals surface area contributed by atoms with E-state index in [2.05, 4.69) is 11.9 Å². The van der Waals surface area contributed by atoms with E-state index < -0.39 is 29.6 Å². The van der Waals surface area contributed by atoms with Gasteiger partial charge in [0.05, 0.1) is 6.04 Å². The number of rotatable bonds is 7. The van der Waals surface area contributed by atoms with Gasteiger partial charge in [0.15, 0.2) is 0 Å². The van der Waals surface area contributed by atoms with Crippen molar-refractivity contribution in [1.29, 1.82) is 0 Å². The Hall–Kier alpha value is -2.05. The highest BCUT2D eigenvalue weighted by atomic mass is 16.6. The zero-order valence-corrected chi connectivity index (χ0v) is 15.6. The summed E-state index contributed by atoms with van der Waals surface area (Å²) in [6.07, 6.45) is 3.57. The number of carbonyl (C=O) groups excluding carboxylic acids is 2. The Morgan fingerprint density at radius 2 is 2.04 bits per heavy atom. The predicted octanol–water partition coefficient (Wildman–Crippen LogP) is 2.56. The number of unbranched alkanes of at least 4 members (excludes halogenated alkanes) is 1. The first-order chi connectivity index (χ1) is 11.6. The number of hydrogen-bond donors (Lipinski definition) is 2. The summed E-state index contributed by atoms with van der Waals surface area (Å²) in [6.45, 7) is 10.9. The van der Waals surface area contributed by atoms with E-state index in [-0.39, 0.29) is 11.9 Å². The highest BCUT2D eigenvalue weighted by molar-refractivity contribution is 5.80. The van der Waals surface area contributed by atoms with Crippen molar-refractivity contribution >= 4 is 18.0 Å². The minimum atomic E-state index is -1.11. The Morgan fingerprint density at radius 1 is 1.40 bits per heavy atom. The highest BCUT2D eigenvalue weighted by Crippen LogP contribution is 2.26. The van der Waals surface area contributed by atoms with E-state index in [1.165, 1.54) is 6.92 Å². The van der Waals surface area contributed by atoms with Crippen LogP contribution in [0.5, 0.6) is 0 Å². The van der Waals surface area contributed by atoms with Crippen LogP contribution in [0.2, 0.25) is 0 Å². The van der Waals surface area contributed by atoms with E-state index in [1.54, 1.807) is 25.7 Å². The van der Waals surface area contributed by atoms with Crippen molar-refractivity contribution in [2.24, 2.45) is 5.41 Å². The van der Waals surface area contributed by atoms with E-state index in [4.69, 9.17) is 4.74 Å². The van der Waals surface area contributed by atoms with Crippen LogP contribution >= 0.6 is 0 Å². The Balaban J connectivity index is 2.74. The van der Waals surface area contributed by atoms with Crippen molar-refractivity contribution in [3.05, 3.63) is 12.7 Å². The Bertz CT molecular complexity index is 512. The molecule has 1 rings (SSSR count). The second kappa shape index (κ2) is 8.87. The summed E-state index contributed by atoms with van der Waals surface area (Å²) in [7, 11) is 0. The van der Waals surface area contributed by atoms with Gasteiger partial charge in [0.1, 0.15) is 12.1 Å². The van der Waals surface area contributed by atoms with Crippen LogP contribution < -0.4 is 5.32 Å². The molecular formula is C18H30N2O5. The zero-order valence-electron chi connectivity index (χ0n) is 15.6. The normalized spacial score (nSPS) is 21.5. The van der Waals surface area contributed by atoms with Gasteiger partial charge in [-0.15, -0.1) is 6.58 Å². The number of likely N-dealkylation sites (tertiary alicyclic amines) is 1. The summed E-state index contributed by atoms with van der Waals surface area (Å²) in [5.41, 5.74) is -0.644. The average Bonchev–Trinajstić information content (AvgIpc) is 2.86. The number of ether oxygens (including phenoxy) is 1. The molecule has 0 radical (unpaired) electrons.